The van der Waals surface area contributed by atoms with Crippen LogP contribution in [0.3, 0.4) is 0 Å². The van der Waals surface area contributed by atoms with Crippen LogP contribution in [0.1, 0.15) is 41.4 Å². The molecule has 2 rings (SSSR count). The Kier molecular flexibility index (Phi) is 4.57. The van der Waals surface area contributed by atoms with Crippen LogP contribution in [0, 0.1) is 6.92 Å². The molecule has 0 aliphatic heterocycles. The van der Waals surface area contributed by atoms with Crippen LogP contribution in [-0.4, -0.2) is 32.7 Å². The van der Waals surface area contributed by atoms with Crippen molar-refractivity contribution in [3.63, 3.8) is 0 Å². The third-order valence-corrected chi connectivity index (χ3v) is 3.21. The lowest BCUT2D eigenvalue weighted by atomic mass is 9.98. The maximum atomic E-state index is 10.7. The largest absolute Gasteiger partial charge is 0.492 e. The number of carboxylic acids is 1. The number of rotatable bonds is 6. The number of hydrogen-bond acceptors (Lipinski definition) is 4. The molecule has 0 bridgehead atoms. The normalized spacial score (nSPS) is 10.9. The molecule has 0 aliphatic rings. The molecule has 0 atom stereocenters. The third-order valence-electron chi connectivity index (χ3n) is 3.21. The summed E-state index contributed by atoms with van der Waals surface area (Å²) in [5.41, 5.74) is 2.45. The second-order valence-corrected chi connectivity index (χ2v) is 5.19. The van der Waals surface area contributed by atoms with E-state index in [0.29, 0.717) is 19.1 Å². The zero-order valence-electron chi connectivity index (χ0n) is 12.4. The fraction of sp³-hybridized carbons (Fsp3) is 0.400. The van der Waals surface area contributed by atoms with Crippen LogP contribution in [-0.2, 0) is 6.54 Å². The minimum atomic E-state index is -1.08. The van der Waals surface area contributed by atoms with Crippen LogP contribution in [0.5, 0.6) is 5.75 Å². The predicted octanol–water partition coefficient (Wildman–Crippen LogP) is 2.49. The first-order valence-corrected chi connectivity index (χ1v) is 6.84. The number of hydrogen-bond donors (Lipinski definition) is 1. The molecule has 1 aromatic carbocycles. The van der Waals surface area contributed by atoms with Gasteiger partial charge in [-0.15, -0.1) is 5.10 Å². The van der Waals surface area contributed by atoms with Gasteiger partial charge in [-0.2, -0.15) is 0 Å². The summed E-state index contributed by atoms with van der Waals surface area (Å²) in [6, 6.07) is 6.04. The highest BCUT2D eigenvalue weighted by molar-refractivity contribution is 5.84. The number of carboxylic acid groups (broad SMARTS) is 1. The minimum Gasteiger partial charge on any atom is -0.492 e. The lowest BCUT2D eigenvalue weighted by Gasteiger charge is -2.12. The summed E-state index contributed by atoms with van der Waals surface area (Å²) >= 11 is 0. The van der Waals surface area contributed by atoms with Gasteiger partial charge in [-0.3, -0.25) is 0 Å². The van der Waals surface area contributed by atoms with Gasteiger partial charge in [-0.25, -0.2) is 9.48 Å². The second kappa shape index (κ2) is 6.39. The van der Waals surface area contributed by atoms with E-state index < -0.39 is 5.97 Å². The van der Waals surface area contributed by atoms with Gasteiger partial charge in [-0.05, 0) is 36.1 Å². The summed E-state index contributed by atoms with van der Waals surface area (Å²) < 4.78 is 7.12. The number of aryl methyl sites for hydroxylation is 1. The number of benzene rings is 1. The SMILES string of the molecule is Cc1cc(OCCn2cc(C(=O)O)nn2)ccc1C(C)C. The molecule has 21 heavy (non-hydrogen) atoms. The molecule has 6 heteroatoms. The van der Waals surface area contributed by atoms with Crippen molar-refractivity contribution in [2.75, 3.05) is 6.61 Å². The number of nitrogens with zero attached hydrogens (tertiary/aromatic N) is 3. The van der Waals surface area contributed by atoms with E-state index in [-0.39, 0.29) is 5.69 Å². The first kappa shape index (κ1) is 15.0. The topological polar surface area (TPSA) is 77.2 Å². The Morgan fingerprint density at radius 2 is 2.19 bits per heavy atom. The van der Waals surface area contributed by atoms with E-state index in [1.54, 1.807) is 0 Å². The Labute approximate surface area is 123 Å². The van der Waals surface area contributed by atoms with Gasteiger partial charge >= 0.3 is 5.97 Å². The van der Waals surface area contributed by atoms with Gasteiger partial charge in [0.2, 0.25) is 0 Å². The molecular weight excluding hydrogens is 270 g/mol. The Balaban J connectivity index is 1.91. The summed E-state index contributed by atoms with van der Waals surface area (Å²) in [5.74, 6) is 0.209. The van der Waals surface area contributed by atoms with E-state index in [4.69, 9.17) is 9.84 Å². The quantitative estimate of drug-likeness (QED) is 0.884. The second-order valence-electron chi connectivity index (χ2n) is 5.19. The fourth-order valence-electron chi connectivity index (χ4n) is 2.15. The molecule has 0 unspecified atom stereocenters. The lowest BCUT2D eigenvalue weighted by Crippen LogP contribution is -2.09. The summed E-state index contributed by atoms with van der Waals surface area (Å²) in [6.45, 7) is 7.24. The molecule has 1 heterocycles. The molecule has 112 valence electrons. The summed E-state index contributed by atoms with van der Waals surface area (Å²) in [6.07, 6.45) is 1.39. The van der Waals surface area contributed by atoms with Gasteiger partial charge in [0.15, 0.2) is 5.69 Å². The fourth-order valence-corrected chi connectivity index (χ4v) is 2.15. The summed E-state index contributed by atoms with van der Waals surface area (Å²) in [7, 11) is 0. The average Bonchev–Trinajstić information content (AvgIpc) is 2.87. The maximum Gasteiger partial charge on any atom is 0.358 e. The number of carbonyl (C=O) groups is 1. The molecule has 0 saturated carbocycles. The van der Waals surface area contributed by atoms with Crippen molar-refractivity contribution in [3.05, 3.63) is 41.2 Å². The zero-order chi connectivity index (χ0) is 15.4. The Bertz CT molecular complexity index is 635. The highest BCUT2D eigenvalue weighted by atomic mass is 16.5. The van der Waals surface area contributed by atoms with Gasteiger partial charge in [0.25, 0.3) is 0 Å². The van der Waals surface area contributed by atoms with Crippen LogP contribution in [0.4, 0.5) is 0 Å². The summed E-state index contributed by atoms with van der Waals surface area (Å²) in [4.78, 5) is 10.7. The Morgan fingerprint density at radius 1 is 1.43 bits per heavy atom. The van der Waals surface area contributed by atoms with Crippen molar-refractivity contribution in [3.8, 4) is 5.75 Å². The number of ether oxygens (including phenoxy) is 1. The van der Waals surface area contributed by atoms with Gasteiger partial charge in [0, 0.05) is 0 Å². The zero-order valence-corrected chi connectivity index (χ0v) is 12.4. The van der Waals surface area contributed by atoms with Crippen molar-refractivity contribution in [1.82, 2.24) is 15.0 Å². The minimum absolute atomic E-state index is 0.0628. The molecule has 0 spiro atoms. The average molecular weight is 289 g/mol. The number of aromatic nitrogens is 3. The van der Waals surface area contributed by atoms with Crippen LogP contribution >= 0.6 is 0 Å². The molecule has 0 aliphatic carbocycles. The standard InChI is InChI=1S/C15H19N3O3/c1-10(2)13-5-4-12(8-11(13)3)21-7-6-18-9-14(15(19)20)16-17-18/h4-5,8-10H,6-7H2,1-3H3,(H,19,20). The highest BCUT2D eigenvalue weighted by Crippen LogP contribution is 2.23. The van der Waals surface area contributed by atoms with Gasteiger partial charge in [0.05, 0.1) is 12.7 Å². The lowest BCUT2D eigenvalue weighted by molar-refractivity contribution is 0.0690. The molecule has 0 saturated heterocycles. The maximum absolute atomic E-state index is 10.7. The van der Waals surface area contributed by atoms with Gasteiger partial charge in [-0.1, -0.05) is 25.1 Å². The van der Waals surface area contributed by atoms with Crippen LogP contribution in [0.25, 0.3) is 0 Å². The summed E-state index contributed by atoms with van der Waals surface area (Å²) in [5, 5.41) is 16.0. The van der Waals surface area contributed by atoms with E-state index >= 15 is 0 Å². The van der Waals surface area contributed by atoms with Crippen LogP contribution < -0.4 is 4.74 Å². The van der Waals surface area contributed by atoms with E-state index in [9.17, 15) is 4.79 Å². The van der Waals surface area contributed by atoms with Crippen molar-refractivity contribution in [2.45, 2.75) is 33.2 Å². The Hall–Kier alpha value is -2.37. The van der Waals surface area contributed by atoms with Gasteiger partial charge in [0.1, 0.15) is 12.4 Å². The molecule has 1 N–H and O–H groups in total. The molecule has 0 fully saturated rings. The van der Waals surface area contributed by atoms with Crippen molar-refractivity contribution >= 4 is 5.97 Å². The van der Waals surface area contributed by atoms with Crippen LogP contribution in [0.2, 0.25) is 0 Å². The molecule has 1 aromatic heterocycles. The Morgan fingerprint density at radius 3 is 2.76 bits per heavy atom. The van der Waals surface area contributed by atoms with E-state index in [1.165, 1.54) is 22.0 Å². The van der Waals surface area contributed by atoms with E-state index in [0.717, 1.165) is 5.75 Å². The number of aromatic carboxylic acids is 1. The van der Waals surface area contributed by atoms with Crippen molar-refractivity contribution in [2.24, 2.45) is 0 Å². The molecular formula is C15H19N3O3. The predicted molar refractivity (Wildman–Crippen MR) is 77.7 cm³/mol. The van der Waals surface area contributed by atoms with Crippen molar-refractivity contribution in [1.29, 1.82) is 0 Å². The first-order chi connectivity index (χ1) is 9.97. The van der Waals surface area contributed by atoms with Gasteiger partial charge < -0.3 is 9.84 Å². The third kappa shape index (κ3) is 3.81. The monoisotopic (exact) mass is 289 g/mol. The molecule has 6 nitrogen and oxygen atoms in total. The highest BCUT2D eigenvalue weighted by Gasteiger charge is 2.08. The van der Waals surface area contributed by atoms with E-state index in [2.05, 4.69) is 37.1 Å². The van der Waals surface area contributed by atoms with Crippen molar-refractivity contribution < 1.29 is 14.6 Å². The first-order valence-electron chi connectivity index (χ1n) is 6.84. The smallest absolute Gasteiger partial charge is 0.358 e. The molecule has 2 aromatic rings. The molecule has 0 amide bonds. The molecule has 0 radical (unpaired) electrons. The van der Waals surface area contributed by atoms with E-state index in [1.807, 2.05) is 12.1 Å². The van der Waals surface area contributed by atoms with Crippen LogP contribution in [0.15, 0.2) is 24.4 Å².